The van der Waals surface area contributed by atoms with E-state index in [0.29, 0.717) is 6.54 Å². The van der Waals surface area contributed by atoms with E-state index in [9.17, 15) is 9.59 Å². The SMILES string of the molecule is Cc1cccc(C)c1NC(=O)CN(C)C(C)C(=O)NCC1CCCO1. The van der Waals surface area contributed by atoms with Crippen molar-refractivity contribution < 1.29 is 14.3 Å². The Morgan fingerprint density at radius 1 is 1.32 bits per heavy atom. The quantitative estimate of drug-likeness (QED) is 0.790. The number of nitrogens with zero attached hydrogens (tertiary/aromatic N) is 1. The number of carbonyl (C=O) groups is 2. The van der Waals surface area contributed by atoms with Gasteiger partial charge in [-0.3, -0.25) is 14.5 Å². The van der Waals surface area contributed by atoms with E-state index in [-0.39, 0.29) is 30.5 Å². The molecule has 0 saturated carbocycles. The van der Waals surface area contributed by atoms with Gasteiger partial charge in [0.1, 0.15) is 0 Å². The Morgan fingerprint density at radius 3 is 2.60 bits per heavy atom. The molecular weight excluding hydrogens is 318 g/mol. The molecule has 2 atom stereocenters. The first-order valence-corrected chi connectivity index (χ1v) is 8.84. The van der Waals surface area contributed by atoms with Crippen molar-refractivity contribution in [1.82, 2.24) is 10.2 Å². The van der Waals surface area contributed by atoms with Crippen molar-refractivity contribution in [3.63, 3.8) is 0 Å². The zero-order chi connectivity index (χ0) is 18.4. The topological polar surface area (TPSA) is 70.7 Å². The van der Waals surface area contributed by atoms with E-state index >= 15 is 0 Å². The monoisotopic (exact) mass is 347 g/mol. The van der Waals surface area contributed by atoms with Crippen molar-refractivity contribution in [2.45, 2.75) is 45.8 Å². The van der Waals surface area contributed by atoms with Crippen LogP contribution in [0.5, 0.6) is 0 Å². The number of hydrogen-bond acceptors (Lipinski definition) is 4. The third-order valence-corrected chi connectivity index (χ3v) is 4.71. The van der Waals surface area contributed by atoms with E-state index in [2.05, 4.69) is 10.6 Å². The second kappa shape index (κ2) is 8.97. The van der Waals surface area contributed by atoms with E-state index in [1.165, 1.54) is 0 Å². The number of amides is 2. The summed E-state index contributed by atoms with van der Waals surface area (Å²) < 4.78 is 5.50. The summed E-state index contributed by atoms with van der Waals surface area (Å²) in [5.74, 6) is -0.212. The van der Waals surface area contributed by atoms with Gasteiger partial charge < -0.3 is 15.4 Å². The van der Waals surface area contributed by atoms with Crippen LogP contribution in [-0.2, 0) is 14.3 Å². The molecule has 6 heteroatoms. The summed E-state index contributed by atoms with van der Waals surface area (Å²) in [7, 11) is 1.78. The van der Waals surface area contributed by atoms with Crippen LogP contribution >= 0.6 is 0 Å². The number of aryl methyl sites for hydroxylation is 2. The number of likely N-dealkylation sites (N-methyl/N-ethyl adjacent to an activating group) is 1. The van der Waals surface area contributed by atoms with Crippen LogP contribution in [0.25, 0.3) is 0 Å². The molecule has 1 heterocycles. The first-order chi connectivity index (χ1) is 11.9. The van der Waals surface area contributed by atoms with E-state index in [4.69, 9.17) is 4.74 Å². The Kier molecular flexibility index (Phi) is 6.96. The van der Waals surface area contributed by atoms with E-state index in [1.54, 1.807) is 18.9 Å². The van der Waals surface area contributed by atoms with Crippen LogP contribution in [0, 0.1) is 13.8 Å². The van der Waals surface area contributed by atoms with Crippen LogP contribution < -0.4 is 10.6 Å². The molecule has 2 unspecified atom stereocenters. The molecule has 1 aromatic carbocycles. The highest BCUT2D eigenvalue weighted by Gasteiger charge is 2.22. The van der Waals surface area contributed by atoms with Crippen molar-refractivity contribution in [2.24, 2.45) is 0 Å². The number of para-hydroxylation sites is 1. The number of nitrogens with one attached hydrogen (secondary N) is 2. The molecule has 0 aromatic heterocycles. The fraction of sp³-hybridized carbons (Fsp3) is 0.579. The van der Waals surface area contributed by atoms with E-state index in [1.807, 2.05) is 32.0 Å². The molecule has 2 N–H and O–H groups in total. The fourth-order valence-electron chi connectivity index (χ4n) is 2.92. The standard InChI is InChI=1S/C19H29N3O3/c1-13-7-5-8-14(2)18(13)21-17(23)12-22(4)15(3)19(24)20-11-16-9-6-10-25-16/h5,7-8,15-16H,6,9-12H2,1-4H3,(H,20,24)(H,21,23). The van der Waals surface area contributed by atoms with Gasteiger partial charge in [0.25, 0.3) is 0 Å². The van der Waals surface area contributed by atoms with Gasteiger partial charge in [0.15, 0.2) is 0 Å². The Labute approximate surface area is 149 Å². The fourth-order valence-corrected chi connectivity index (χ4v) is 2.92. The predicted molar refractivity (Wildman–Crippen MR) is 98.6 cm³/mol. The van der Waals surface area contributed by atoms with Gasteiger partial charge in [0, 0.05) is 18.8 Å². The van der Waals surface area contributed by atoms with Gasteiger partial charge in [-0.15, -0.1) is 0 Å². The van der Waals surface area contributed by atoms with Gasteiger partial charge in [-0.2, -0.15) is 0 Å². The van der Waals surface area contributed by atoms with Crippen LogP contribution in [-0.4, -0.2) is 55.6 Å². The zero-order valence-corrected chi connectivity index (χ0v) is 15.6. The molecule has 0 radical (unpaired) electrons. The minimum absolute atomic E-state index is 0.0853. The molecule has 0 spiro atoms. The number of hydrogen-bond donors (Lipinski definition) is 2. The molecule has 6 nitrogen and oxygen atoms in total. The Morgan fingerprint density at radius 2 is 2.00 bits per heavy atom. The highest BCUT2D eigenvalue weighted by atomic mass is 16.5. The third-order valence-electron chi connectivity index (χ3n) is 4.71. The second-order valence-corrected chi connectivity index (χ2v) is 6.79. The Bertz CT molecular complexity index is 592. The summed E-state index contributed by atoms with van der Waals surface area (Å²) in [6.07, 6.45) is 2.16. The zero-order valence-electron chi connectivity index (χ0n) is 15.6. The molecule has 2 rings (SSSR count). The van der Waals surface area contributed by atoms with Crippen LogP contribution in [0.15, 0.2) is 18.2 Å². The molecular formula is C19H29N3O3. The van der Waals surface area contributed by atoms with Crippen molar-refractivity contribution in [2.75, 3.05) is 32.1 Å². The van der Waals surface area contributed by atoms with Crippen LogP contribution in [0.3, 0.4) is 0 Å². The molecule has 1 aliphatic heterocycles. The Hall–Kier alpha value is -1.92. The van der Waals surface area contributed by atoms with Gasteiger partial charge in [-0.25, -0.2) is 0 Å². The summed E-state index contributed by atoms with van der Waals surface area (Å²) in [6.45, 7) is 7.19. The van der Waals surface area contributed by atoms with Gasteiger partial charge >= 0.3 is 0 Å². The number of carbonyl (C=O) groups excluding carboxylic acids is 2. The third kappa shape index (κ3) is 5.54. The average molecular weight is 347 g/mol. The lowest BCUT2D eigenvalue weighted by Gasteiger charge is -2.24. The predicted octanol–water partition coefficient (Wildman–Crippen LogP) is 1.86. The largest absolute Gasteiger partial charge is 0.376 e. The maximum Gasteiger partial charge on any atom is 0.238 e. The summed E-state index contributed by atoms with van der Waals surface area (Å²) in [5.41, 5.74) is 2.90. The number of anilines is 1. The highest BCUT2D eigenvalue weighted by molar-refractivity contribution is 5.94. The minimum Gasteiger partial charge on any atom is -0.376 e. The van der Waals surface area contributed by atoms with Crippen molar-refractivity contribution in [1.29, 1.82) is 0 Å². The molecule has 1 saturated heterocycles. The van der Waals surface area contributed by atoms with Gasteiger partial charge in [-0.05, 0) is 51.8 Å². The number of benzene rings is 1. The molecule has 1 aliphatic rings. The van der Waals surface area contributed by atoms with Gasteiger partial charge in [-0.1, -0.05) is 18.2 Å². The molecule has 1 aromatic rings. The second-order valence-electron chi connectivity index (χ2n) is 6.79. The van der Waals surface area contributed by atoms with Gasteiger partial charge in [0.2, 0.25) is 11.8 Å². The molecule has 1 fully saturated rings. The van der Waals surface area contributed by atoms with Crippen LogP contribution in [0.1, 0.15) is 30.9 Å². The maximum absolute atomic E-state index is 12.3. The lowest BCUT2D eigenvalue weighted by Crippen LogP contribution is -2.47. The minimum atomic E-state index is -0.384. The average Bonchev–Trinajstić information content (AvgIpc) is 3.08. The lowest BCUT2D eigenvalue weighted by molar-refractivity contribution is -0.127. The summed E-state index contributed by atoms with van der Waals surface area (Å²) in [5, 5.41) is 5.86. The smallest absolute Gasteiger partial charge is 0.238 e. The van der Waals surface area contributed by atoms with Crippen molar-refractivity contribution in [3.8, 4) is 0 Å². The van der Waals surface area contributed by atoms with Crippen molar-refractivity contribution in [3.05, 3.63) is 29.3 Å². The molecule has 0 aliphatic carbocycles. The van der Waals surface area contributed by atoms with Crippen LogP contribution in [0.4, 0.5) is 5.69 Å². The summed E-state index contributed by atoms with van der Waals surface area (Å²) >= 11 is 0. The lowest BCUT2D eigenvalue weighted by atomic mass is 10.1. The van der Waals surface area contributed by atoms with E-state index in [0.717, 1.165) is 36.3 Å². The normalized spacial score (nSPS) is 18.2. The first-order valence-electron chi connectivity index (χ1n) is 8.84. The van der Waals surface area contributed by atoms with Gasteiger partial charge in [0.05, 0.1) is 18.7 Å². The molecule has 2 amide bonds. The maximum atomic E-state index is 12.3. The summed E-state index contributed by atoms with van der Waals surface area (Å²) in [6, 6.07) is 5.51. The summed E-state index contributed by atoms with van der Waals surface area (Å²) in [4.78, 5) is 26.3. The van der Waals surface area contributed by atoms with E-state index < -0.39 is 0 Å². The first kappa shape index (κ1) is 19.4. The number of rotatable bonds is 7. The molecule has 138 valence electrons. The van der Waals surface area contributed by atoms with Crippen LogP contribution in [0.2, 0.25) is 0 Å². The highest BCUT2D eigenvalue weighted by Crippen LogP contribution is 2.19. The number of ether oxygens (including phenoxy) is 1. The Balaban J connectivity index is 1.81. The van der Waals surface area contributed by atoms with Crippen molar-refractivity contribution >= 4 is 17.5 Å². The molecule has 25 heavy (non-hydrogen) atoms. The molecule has 0 bridgehead atoms.